The molecule has 0 radical (unpaired) electrons. The highest BCUT2D eigenvalue weighted by molar-refractivity contribution is 7.90. The first-order valence-corrected chi connectivity index (χ1v) is 14.8. The first-order valence-electron chi connectivity index (χ1n) is 12.5. The largest absolute Gasteiger partial charge is 0.377 e. The van der Waals surface area contributed by atoms with Gasteiger partial charge in [0.1, 0.15) is 16.4 Å². The maximum absolute atomic E-state index is 13.5. The van der Waals surface area contributed by atoms with Gasteiger partial charge in [-0.1, -0.05) is 36.4 Å². The third kappa shape index (κ3) is 3.82. The van der Waals surface area contributed by atoms with Gasteiger partial charge in [0.2, 0.25) is 0 Å². The molecule has 4 aromatic heterocycles. The summed E-state index contributed by atoms with van der Waals surface area (Å²) in [6.07, 6.45) is 8.27. The van der Waals surface area contributed by atoms with E-state index in [9.17, 15) is 13.5 Å². The summed E-state index contributed by atoms with van der Waals surface area (Å²) >= 11 is 1.44. The fraction of sp³-hybridized carbons (Fsp3) is 0.138. The smallest absolute Gasteiger partial charge is 0.269 e. The van der Waals surface area contributed by atoms with Crippen molar-refractivity contribution in [2.75, 3.05) is 0 Å². The summed E-state index contributed by atoms with van der Waals surface area (Å²) in [7, 11) is -3.85. The maximum Gasteiger partial charge on any atom is 0.269 e. The van der Waals surface area contributed by atoms with Crippen LogP contribution in [0.1, 0.15) is 24.2 Å². The zero-order valence-corrected chi connectivity index (χ0v) is 22.3. The van der Waals surface area contributed by atoms with E-state index in [0.29, 0.717) is 33.8 Å². The molecule has 0 aliphatic carbocycles. The minimum absolute atomic E-state index is 0.192. The second-order valence-corrected chi connectivity index (χ2v) is 12.2. The molecular formula is C29H23N5O3S2. The number of fused-ring (bicyclic) bond motifs is 2. The summed E-state index contributed by atoms with van der Waals surface area (Å²) < 4.78 is 30.2. The zero-order chi connectivity index (χ0) is 26.6. The highest BCUT2D eigenvalue weighted by Crippen LogP contribution is 2.39. The standard InChI is InChI=1S/C29H23N5O3S2/c35-29(12-6-15-33-16-14-31-28(29)33)21-8-4-7-20(17-21)25-19-38-27(32-25)24-18-34(26-23(24)11-5-13-30-26)39(36,37)22-9-2-1-3-10-22/h1-5,7-11,13-14,16-19,35H,6,12,15H2/t29-/m1/s1. The minimum Gasteiger partial charge on any atom is -0.377 e. The van der Waals surface area contributed by atoms with Gasteiger partial charge in [0, 0.05) is 53.2 Å². The Balaban J connectivity index is 1.30. The number of aromatic nitrogens is 5. The predicted octanol–water partition coefficient (Wildman–Crippen LogP) is 5.29. The SMILES string of the molecule is O=S(=O)(c1ccccc1)n1cc(-c2nc(-c3cccc([C@]4(O)CCCn5ccnc54)c3)cs2)c2cccnc21. The number of nitrogens with zero attached hydrogens (tertiary/aromatic N) is 5. The van der Waals surface area contributed by atoms with Crippen LogP contribution in [0.4, 0.5) is 0 Å². The van der Waals surface area contributed by atoms with E-state index < -0.39 is 15.6 Å². The number of aliphatic hydroxyl groups is 1. The molecule has 1 aliphatic heterocycles. The van der Waals surface area contributed by atoms with Gasteiger partial charge in [0.25, 0.3) is 10.0 Å². The summed E-state index contributed by atoms with van der Waals surface area (Å²) in [6.45, 7) is 0.842. The molecule has 1 N–H and O–H groups in total. The molecule has 0 saturated heterocycles. The molecule has 0 unspecified atom stereocenters. The maximum atomic E-state index is 13.5. The Bertz CT molecular complexity index is 1940. The van der Waals surface area contributed by atoms with E-state index in [1.807, 2.05) is 46.5 Å². The highest BCUT2D eigenvalue weighted by atomic mass is 32.2. The molecule has 5 heterocycles. The van der Waals surface area contributed by atoms with Crippen molar-refractivity contribution < 1.29 is 13.5 Å². The van der Waals surface area contributed by atoms with Crippen molar-refractivity contribution in [1.82, 2.24) is 23.5 Å². The average Bonchev–Trinajstić information content (AvgIpc) is 3.73. The van der Waals surface area contributed by atoms with Crippen molar-refractivity contribution >= 4 is 32.4 Å². The normalized spacial score (nSPS) is 17.4. The van der Waals surface area contributed by atoms with Crippen molar-refractivity contribution in [3.05, 3.63) is 108 Å². The molecule has 0 amide bonds. The van der Waals surface area contributed by atoms with Crippen molar-refractivity contribution in [3.8, 4) is 21.8 Å². The molecule has 7 rings (SSSR count). The van der Waals surface area contributed by atoms with Crippen LogP contribution in [-0.4, -0.2) is 37.0 Å². The second-order valence-electron chi connectivity index (χ2n) is 9.56. The van der Waals surface area contributed by atoms with Crippen LogP contribution in [0.15, 0.2) is 102 Å². The Morgan fingerprint density at radius 3 is 2.72 bits per heavy atom. The van der Waals surface area contributed by atoms with E-state index in [1.165, 1.54) is 15.3 Å². The number of pyridine rings is 1. The Hall–Kier alpha value is -4.12. The van der Waals surface area contributed by atoms with Crippen molar-refractivity contribution in [3.63, 3.8) is 0 Å². The molecule has 6 aromatic rings. The van der Waals surface area contributed by atoms with Crippen molar-refractivity contribution in [2.24, 2.45) is 0 Å². The molecule has 0 bridgehead atoms. The molecule has 1 aliphatic rings. The van der Waals surface area contributed by atoms with E-state index in [4.69, 9.17) is 4.98 Å². The van der Waals surface area contributed by atoms with Crippen LogP contribution in [0.5, 0.6) is 0 Å². The molecule has 39 heavy (non-hydrogen) atoms. The molecule has 194 valence electrons. The van der Waals surface area contributed by atoms with E-state index in [2.05, 4.69) is 9.97 Å². The number of hydrogen-bond acceptors (Lipinski definition) is 7. The van der Waals surface area contributed by atoms with E-state index in [0.717, 1.165) is 29.8 Å². The van der Waals surface area contributed by atoms with E-state index in [1.54, 1.807) is 55.0 Å². The molecule has 2 aromatic carbocycles. The minimum atomic E-state index is -3.85. The number of imidazole rings is 1. The fourth-order valence-electron chi connectivity index (χ4n) is 5.30. The van der Waals surface area contributed by atoms with Crippen LogP contribution >= 0.6 is 11.3 Å². The first-order chi connectivity index (χ1) is 18.9. The second kappa shape index (κ2) is 8.98. The summed E-state index contributed by atoms with van der Waals surface area (Å²) in [5, 5.41) is 15.0. The third-order valence-electron chi connectivity index (χ3n) is 7.23. The van der Waals surface area contributed by atoms with Gasteiger partial charge in [-0.2, -0.15) is 0 Å². The number of aryl methyl sites for hydroxylation is 1. The molecule has 0 saturated carbocycles. The van der Waals surface area contributed by atoms with Gasteiger partial charge in [0.05, 0.1) is 10.6 Å². The summed E-state index contributed by atoms with van der Waals surface area (Å²) in [5.41, 5.74) is 2.27. The molecular weight excluding hydrogens is 530 g/mol. The van der Waals surface area contributed by atoms with Crippen LogP contribution in [0.2, 0.25) is 0 Å². The fourth-order valence-corrected chi connectivity index (χ4v) is 7.50. The summed E-state index contributed by atoms with van der Waals surface area (Å²) in [4.78, 5) is 13.9. The lowest BCUT2D eigenvalue weighted by atomic mass is 9.85. The number of benzene rings is 2. The van der Waals surface area contributed by atoms with Crippen LogP contribution < -0.4 is 0 Å². The van der Waals surface area contributed by atoms with Gasteiger partial charge < -0.3 is 9.67 Å². The molecule has 0 fully saturated rings. The highest BCUT2D eigenvalue weighted by Gasteiger charge is 2.38. The average molecular weight is 554 g/mol. The molecule has 10 heteroatoms. The number of thiazole rings is 1. The summed E-state index contributed by atoms with van der Waals surface area (Å²) in [6, 6.07) is 19.8. The molecule has 0 spiro atoms. The zero-order valence-electron chi connectivity index (χ0n) is 20.7. The third-order valence-corrected chi connectivity index (χ3v) is 9.77. The quantitative estimate of drug-likeness (QED) is 0.311. The first kappa shape index (κ1) is 24.0. The lowest BCUT2D eigenvalue weighted by Gasteiger charge is -2.33. The van der Waals surface area contributed by atoms with E-state index >= 15 is 0 Å². The van der Waals surface area contributed by atoms with E-state index in [-0.39, 0.29) is 4.90 Å². The van der Waals surface area contributed by atoms with Gasteiger partial charge >= 0.3 is 0 Å². The predicted molar refractivity (Wildman–Crippen MR) is 150 cm³/mol. The Labute approximate surface area is 228 Å². The molecule has 8 nitrogen and oxygen atoms in total. The Kier molecular flexibility index (Phi) is 5.51. The lowest BCUT2D eigenvalue weighted by molar-refractivity contribution is 0.0420. The van der Waals surface area contributed by atoms with Crippen molar-refractivity contribution in [2.45, 2.75) is 29.9 Å². The van der Waals surface area contributed by atoms with Crippen LogP contribution in [0, 0.1) is 0 Å². The molecule has 1 atom stereocenters. The number of rotatable bonds is 5. The van der Waals surface area contributed by atoms with Crippen molar-refractivity contribution in [1.29, 1.82) is 0 Å². The van der Waals surface area contributed by atoms with Gasteiger partial charge in [-0.05, 0) is 48.7 Å². The van der Waals surface area contributed by atoms with Gasteiger partial charge in [-0.3, -0.25) is 0 Å². The monoisotopic (exact) mass is 553 g/mol. The van der Waals surface area contributed by atoms with Gasteiger partial charge in [0.15, 0.2) is 5.65 Å². The van der Waals surface area contributed by atoms with Crippen LogP contribution in [0.25, 0.3) is 32.9 Å². The van der Waals surface area contributed by atoms with Gasteiger partial charge in [-0.25, -0.2) is 27.3 Å². The number of hydrogen-bond donors (Lipinski definition) is 1. The van der Waals surface area contributed by atoms with Crippen LogP contribution in [-0.2, 0) is 22.2 Å². The van der Waals surface area contributed by atoms with Gasteiger partial charge in [-0.15, -0.1) is 11.3 Å². The lowest BCUT2D eigenvalue weighted by Crippen LogP contribution is -2.35. The Morgan fingerprint density at radius 1 is 0.974 bits per heavy atom. The Morgan fingerprint density at radius 2 is 1.85 bits per heavy atom. The summed E-state index contributed by atoms with van der Waals surface area (Å²) in [5.74, 6) is 0.657. The van der Waals surface area contributed by atoms with Crippen LogP contribution in [0.3, 0.4) is 0 Å². The topological polar surface area (TPSA) is 103 Å².